The number of benzene rings is 2. The van der Waals surface area contributed by atoms with Crippen LogP contribution in [0, 0.1) is 5.82 Å². The molecule has 2 rings (SSSR count). The molecule has 0 spiro atoms. The van der Waals surface area contributed by atoms with E-state index in [1.165, 1.54) is 6.07 Å². The van der Waals surface area contributed by atoms with Crippen LogP contribution in [0.2, 0.25) is 0 Å². The predicted octanol–water partition coefficient (Wildman–Crippen LogP) is 1.82. The molecule has 2 aromatic rings. The van der Waals surface area contributed by atoms with Crippen molar-refractivity contribution >= 4 is 27.1 Å². The van der Waals surface area contributed by atoms with Gasteiger partial charge < -0.3 is 11.1 Å². The number of hydrogen-bond donors (Lipinski definition) is 2. The standard InChI is InChI=1S/C14H13FN2O3S/c15-10-4-6-13(7-5-10)21(19,20)9-14(18)17-12-3-1-2-11(16)8-12/h1-8H,9,16H2,(H,17,18). The number of carbonyl (C=O) groups excluding carboxylic acids is 1. The van der Waals surface area contributed by atoms with E-state index in [4.69, 9.17) is 5.73 Å². The van der Waals surface area contributed by atoms with Gasteiger partial charge in [0.2, 0.25) is 5.91 Å². The Bertz CT molecular complexity index is 758. The van der Waals surface area contributed by atoms with Crippen molar-refractivity contribution in [2.24, 2.45) is 0 Å². The van der Waals surface area contributed by atoms with Gasteiger partial charge in [0, 0.05) is 11.4 Å². The molecule has 0 fully saturated rings. The van der Waals surface area contributed by atoms with Crippen LogP contribution < -0.4 is 11.1 Å². The molecule has 0 unspecified atom stereocenters. The Balaban J connectivity index is 2.09. The van der Waals surface area contributed by atoms with Crippen LogP contribution in [0.5, 0.6) is 0 Å². The molecule has 0 radical (unpaired) electrons. The Morgan fingerprint density at radius 1 is 1.14 bits per heavy atom. The molecular weight excluding hydrogens is 295 g/mol. The predicted molar refractivity (Wildman–Crippen MR) is 77.9 cm³/mol. The SMILES string of the molecule is Nc1cccc(NC(=O)CS(=O)(=O)c2ccc(F)cc2)c1. The third kappa shape index (κ3) is 4.03. The summed E-state index contributed by atoms with van der Waals surface area (Å²) in [6, 6.07) is 10.7. The van der Waals surface area contributed by atoms with Crippen LogP contribution in [0.1, 0.15) is 0 Å². The zero-order chi connectivity index (χ0) is 15.5. The van der Waals surface area contributed by atoms with E-state index in [0.29, 0.717) is 11.4 Å². The third-order valence-electron chi connectivity index (χ3n) is 2.66. The quantitative estimate of drug-likeness (QED) is 0.666. The second-order valence-electron chi connectivity index (χ2n) is 4.39. The molecule has 2 aromatic carbocycles. The Kier molecular flexibility index (Phi) is 4.23. The van der Waals surface area contributed by atoms with Crippen molar-refractivity contribution in [3.05, 3.63) is 54.3 Å². The maximum atomic E-state index is 12.8. The first kappa shape index (κ1) is 15.0. The first-order valence-electron chi connectivity index (χ1n) is 6.00. The first-order valence-corrected chi connectivity index (χ1v) is 7.66. The molecule has 0 aliphatic carbocycles. The lowest BCUT2D eigenvalue weighted by atomic mass is 10.3. The summed E-state index contributed by atoms with van der Waals surface area (Å²) in [5.41, 5.74) is 6.43. The van der Waals surface area contributed by atoms with Crippen molar-refractivity contribution in [2.75, 3.05) is 16.8 Å². The number of nitrogens with two attached hydrogens (primary N) is 1. The van der Waals surface area contributed by atoms with Crippen LogP contribution in [0.25, 0.3) is 0 Å². The van der Waals surface area contributed by atoms with Gasteiger partial charge in [0.05, 0.1) is 4.90 Å². The van der Waals surface area contributed by atoms with Gasteiger partial charge in [-0.1, -0.05) is 6.07 Å². The van der Waals surface area contributed by atoms with Crippen LogP contribution in [-0.4, -0.2) is 20.1 Å². The van der Waals surface area contributed by atoms with E-state index in [2.05, 4.69) is 5.32 Å². The van der Waals surface area contributed by atoms with E-state index in [1.54, 1.807) is 18.2 Å². The molecule has 0 heterocycles. The van der Waals surface area contributed by atoms with Gasteiger partial charge >= 0.3 is 0 Å². The number of halogens is 1. The zero-order valence-corrected chi connectivity index (χ0v) is 11.7. The van der Waals surface area contributed by atoms with E-state index >= 15 is 0 Å². The van der Waals surface area contributed by atoms with E-state index in [1.807, 2.05) is 0 Å². The van der Waals surface area contributed by atoms with Crippen molar-refractivity contribution in [2.45, 2.75) is 4.90 Å². The molecule has 21 heavy (non-hydrogen) atoms. The summed E-state index contributed by atoms with van der Waals surface area (Å²) in [5.74, 6) is -1.96. The van der Waals surface area contributed by atoms with Gasteiger partial charge in [-0.3, -0.25) is 4.79 Å². The van der Waals surface area contributed by atoms with Crippen LogP contribution in [0.3, 0.4) is 0 Å². The van der Waals surface area contributed by atoms with Gasteiger partial charge in [0.15, 0.2) is 9.84 Å². The van der Waals surface area contributed by atoms with Gasteiger partial charge in [-0.25, -0.2) is 12.8 Å². The molecule has 7 heteroatoms. The number of nitrogen functional groups attached to an aromatic ring is 1. The molecule has 1 amide bonds. The molecule has 0 aromatic heterocycles. The lowest BCUT2D eigenvalue weighted by molar-refractivity contribution is -0.113. The fourth-order valence-corrected chi connectivity index (χ4v) is 2.85. The number of rotatable bonds is 4. The summed E-state index contributed by atoms with van der Waals surface area (Å²) in [4.78, 5) is 11.7. The van der Waals surface area contributed by atoms with Gasteiger partial charge in [-0.2, -0.15) is 0 Å². The molecule has 110 valence electrons. The van der Waals surface area contributed by atoms with Crippen LogP contribution in [0.15, 0.2) is 53.4 Å². The van der Waals surface area contributed by atoms with Gasteiger partial charge in [-0.05, 0) is 42.5 Å². The highest BCUT2D eigenvalue weighted by Crippen LogP contribution is 2.14. The molecule has 0 saturated carbocycles. The van der Waals surface area contributed by atoms with E-state index < -0.39 is 27.3 Å². The van der Waals surface area contributed by atoms with Crippen molar-refractivity contribution < 1.29 is 17.6 Å². The number of anilines is 2. The molecule has 3 N–H and O–H groups in total. The van der Waals surface area contributed by atoms with Crippen molar-refractivity contribution in [3.8, 4) is 0 Å². The van der Waals surface area contributed by atoms with Crippen LogP contribution >= 0.6 is 0 Å². The highest BCUT2D eigenvalue weighted by atomic mass is 32.2. The van der Waals surface area contributed by atoms with E-state index in [9.17, 15) is 17.6 Å². The lowest BCUT2D eigenvalue weighted by Gasteiger charge is -2.07. The second-order valence-corrected chi connectivity index (χ2v) is 6.38. The number of hydrogen-bond acceptors (Lipinski definition) is 4. The average Bonchev–Trinajstić information content (AvgIpc) is 2.38. The van der Waals surface area contributed by atoms with Crippen LogP contribution in [0.4, 0.5) is 15.8 Å². The Labute approximate surface area is 121 Å². The van der Waals surface area contributed by atoms with Crippen molar-refractivity contribution in [1.29, 1.82) is 0 Å². The van der Waals surface area contributed by atoms with Gasteiger partial charge in [-0.15, -0.1) is 0 Å². The normalized spacial score (nSPS) is 11.1. The minimum absolute atomic E-state index is 0.105. The van der Waals surface area contributed by atoms with Crippen LogP contribution in [-0.2, 0) is 14.6 Å². The number of sulfone groups is 1. The maximum Gasteiger partial charge on any atom is 0.239 e. The van der Waals surface area contributed by atoms with E-state index in [-0.39, 0.29) is 4.90 Å². The molecule has 0 atom stereocenters. The smallest absolute Gasteiger partial charge is 0.239 e. The Morgan fingerprint density at radius 3 is 2.43 bits per heavy atom. The zero-order valence-electron chi connectivity index (χ0n) is 10.9. The molecular formula is C14H13FN2O3S. The molecule has 0 aliphatic rings. The Hall–Kier alpha value is -2.41. The third-order valence-corrected chi connectivity index (χ3v) is 4.30. The highest BCUT2D eigenvalue weighted by Gasteiger charge is 2.19. The van der Waals surface area contributed by atoms with Gasteiger partial charge in [0.1, 0.15) is 11.6 Å². The van der Waals surface area contributed by atoms with Gasteiger partial charge in [0.25, 0.3) is 0 Å². The summed E-state index contributed by atoms with van der Waals surface area (Å²) in [5, 5.41) is 2.45. The number of nitrogens with one attached hydrogen (secondary N) is 1. The topological polar surface area (TPSA) is 89.3 Å². The average molecular weight is 308 g/mol. The van der Waals surface area contributed by atoms with E-state index in [0.717, 1.165) is 24.3 Å². The van der Waals surface area contributed by atoms with Crippen molar-refractivity contribution in [3.63, 3.8) is 0 Å². The number of carbonyl (C=O) groups is 1. The monoisotopic (exact) mass is 308 g/mol. The summed E-state index contributed by atoms with van der Waals surface area (Å²) in [7, 11) is -3.82. The summed E-state index contributed by atoms with van der Waals surface area (Å²) < 4.78 is 36.8. The minimum Gasteiger partial charge on any atom is -0.399 e. The summed E-state index contributed by atoms with van der Waals surface area (Å²) >= 11 is 0. The summed E-state index contributed by atoms with van der Waals surface area (Å²) in [6.07, 6.45) is 0. The Morgan fingerprint density at radius 2 is 1.81 bits per heavy atom. The number of amides is 1. The molecule has 0 bridgehead atoms. The second kappa shape index (κ2) is 5.92. The molecule has 5 nitrogen and oxygen atoms in total. The molecule has 0 aliphatic heterocycles. The molecule has 0 saturated heterocycles. The fourth-order valence-electron chi connectivity index (χ4n) is 1.71. The summed E-state index contributed by atoms with van der Waals surface area (Å²) in [6.45, 7) is 0. The fraction of sp³-hybridized carbons (Fsp3) is 0.0714. The lowest BCUT2D eigenvalue weighted by Crippen LogP contribution is -2.23. The minimum atomic E-state index is -3.82. The highest BCUT2D eigenvalue weighted by molar-refractivity contribution is 7.92. The largest absolute Gasteiger partial charge is 0.399 e. The van der Waals surface area contributed by atoms with Crippen molar-refractivity contribution in [1.82, 2.24) is 0 Å². The first-order chi connectivity index (χ1) is 9.87. The maximum absolute atomic E-state index is 12.8.